The van der Waals surface area contributed by atoms with Crippen LogP contribution in [0.15, 0.2) is 53.4 Å². The number of ether oxygens (including phenoxy) is 1. The van der Waals surface area contributed by atoms with Crippen LogP contribution < -0.4 is 10.6 Å². The van der Waals surface area contributed by atoms with Gasteiger partial charge < -0.3 is 15.4 Å². The zero-order valence-electron chi connectivity index (χ0n) is 17.7. The summed E-state index contributed by atoms with van der Waals surface area (Å²) in [5.74, 6) is -1.87. The van der Waals surface area contributed by atoms with Crippen molar-refractivity contribution >= 4 is 33.5 Å². The summed E-state index contributed by atoms with van der Waals surface area (Å²) < 4.78 is 30.8. The van der Waals surface area contributed by atoms with Crippen molar-refractivity contribution in [3.05, 3.63) is 59.7 Å². The van der Waals surface area contributed by atoms with Gasteiger partial charge in [-0.05, 0) is 43.7 Å². The number of anilines is 1. The lowest BCUT2D eigenvalue weighted by molar-refractivity contribution is -0.148. The Morgan fingerprint density at radius 3 is 2.32 bits per heavy atom. The van der Waals surface area contributed by atoms with Gasteiger partial charge in [0.05, 0.1) is 4.90 Å². The highest BCUT2D eigenvalue weighted by molar-refractivity contribution is 7.89. The van der Waals surface area contributed by atoms with Crippen LogP contribution in [0.1, 0.15) is 22.8 Å². The van der Waals surface area contributed by atoms with Crippen molar-refractivity contribution in [1.82, 2.24) is 9.62 Å². The monoisotopic (exact) mass is 447 g/mol. The lowest BCUT2D eigenvalue weighted by atomic mass is 10.2. The molecule has 0 saturated carbocycles. The molecule has 10 heteroatoms. The zero-order valence-corrected chi connectivity index (χ0v) is 18.5. The molecule has 2 rings (SSSR count). The molecular formula is C21H25N3O6S. The van der Waals surface area contributed by atoms with Gasteiger partial charge in [-0.3, -0.25) is 9.59 Å². The van der Waals surface area contributed by atoms with Gasteiger partial charge in [0, 0.05) is 25.3 Å². The second-order valence-electron chi connectivity index (χ2n) is 6.98. The van der Waals surface area contributed by atoms with E-state index in [9.17, 15) is 22.8 Å². The Hall–Kier alpha value is -3.24. The number of hydrogen-bond acceptors (Lipinski definition) is 6. The molecule has 0 aliphatic carbocycles. The van der Waals surface area contributed by atoms with E-state index in [4.69, 9.17) is 4.74 Å². The van der Waals surface area contributed by atoms with E-state index in [0.717, 1.165) is 4.31 Å². The van der Waals surface area contributed by atoms with Gasteiger partial charge in [0.1, 0.15) is 6.04 Å². The Bertz CT molecular complexity index is 1070. The molecule has 2 aromatic carbocycles. The van der Waals surface area contributed by atoms with Crippen molar-refractivity contribution in [3.63, 3.8) is 0 Å². The molecule has 0 bridgehead atoms. The fourth-order valence-corrected chi connectivity index (χ4v) is 3.68. The molecule has 0 unspecified atom stereocenters. The molecule has 0 spiro atoms. The standard InChI is InChI=1S/C21H25N3O6S/c1-14-10-11-17(12-18(14)31(28,29)24(3)4)23-19(25)13-30-21(27)15(2)22-20(26)16-8-6-5-7-9-16/h5-12,15H,13H2,1-4H3,(H,22,26)(H,23,25)/t15-/m0/s1. The van der Waals surface area contributed by atoms with Crippen molar-refractivity contribution < 1.29 is 27.5 Å². The highest BCUT2D eigenvalue weighted by atomic mass is 32.2. The van der Waals surface area contributed by atoms with Gasteiger partial charge in [-0.25, -0.2) is 17.5 Å². The molecule has 1 atom stereocenters. The molecule has 0 aliphatic heterocycles. The fraction of sp³-hybridized carbons (Fsp3) is 0.286. The maximum Gasteiger partial charge on any atom is 0.328 e. The molecule has 2 amide bonds. The van der Waals surface area contributed by atoms with Crippen LogP contribution >= 0.6 is 0 Å². The number of nitrogens with one attached hydrogen (secondary N) is 2. The van der Waals surface area contributed by atoms with Crippen molar-refractivity contribution in [3.8, 4) is 0 Å². The molecule has 166 valence electrons. The number of hydrogen-bond donors (Lipinski definition) is 2. The van der Waals surface area contributed by atoms with Crippen LogP contribution in [0, 0.1) is 6.92 Å². The average molecular weight is 448 g/mol. The highest BCUT2D eigenvalue weighted by Crippen LogP contribution is 2.22. The summed E-state index contributed by atoms with van der Waals surface area (Å²) >= 11 is 0. The number of aryl methyl sites for hydroxylation is 1. The Labute approximate surface area is 181 Å². The molecular weight excluding hydrogens is 422 g/mol. The smallest absolute Gasteiger partial charge is 0.328 e. The largest absolute Gasteiger partial charge is 0.454 e. The molecule has 9 nitrogen and oxygen atoms in total. The SMILES string of the molecule is Cc1ccc(NC(=O)COC(=O)[C@H](C)NC(=O)c2ccccc2)cc1S(=O)(=O)N(C)C. The summed E-state index contributed by atoms with van der Waals surface area (Å²) in [6.45, 7) is 2.50. The minimum absolute atomic E-state index is 0.0598. The van der Waals surface area contributed by atoms with E-state index in [2.05, 4.69) is 10.6 Å². The van der Waals surface area contributed by atoms with Crippen molar-refractivity contribution in [1.29, 1.82) is 0 Å². The van der Waals surface area contributed by atoms with E-state index < -0.39 is 40.5 Å². The number of nitrogens with zero attached hydrogens (tertiary/aromatic N) is 1. The summed E-state index contributed by atoms with van der Waals surface area (Å²) in [4.78, 5) is 36.3. The summed E-state index contributed by atoms with van der Waals surface area (Å²) in [5, 5.41) is 4.99. The Morgan fingerprint density at radius 1 is 1.06 bits per heavy atom. The lowest BCUT2D eigenvalue weighted by Crippen LogP contribution is -2.40. The van der Waals surface area contributed by atoms with Crippen LogP contribution in [-0.2, 0) is 24.3 Å². The van der Waals surface area contributed by atoms with Gasteiger partial charge in [-0.1, -0.05) is 24.3 Å². The first-order valence-electron chi connectivity index (χ1n) is 9.38. The van der Waals surface area contributed by atoms with E-state index >= 15 is 0 Å². The molecule has 31 heavy (non-hydrogen) atoms. The predicted molar refractivity (Wildman–Crippen MR) is 115 cm³/mol. The highest BCUT2D eigenvalue weighted by Gasteiger charge is 2.21. The molecule has 0 radical (unpaired) electrons. The maximum atomic E-state index is 12.4. The quantitative estimate of drug-likeness (QED) is 0.592. The third-order valence-electron chi connectivity index (χ3n) is 4.31. The van der Waals surface area contributed by atoms with Crippen molar-refractivity contribution in [2.24, 2.45) is 0 Å². The molecule has 0 fully saturated rings. The molecule has 0 heterocycles. The second kappa shape index (κ2) is 10.2. The van der Waals surface area contributed by atoms with Gasteiger partial charge in [0.2, 0.25) is 10.0 Å². The first kappa shape index (κ1) is 24.0. The van der Waals surface area contributed by atoms with E-state index in [1.54, 1.807) is 49.4 Å². The number of amides is 2. The number of benzene rings is 2. The topological polar surface area (TPSA) is 122 Å². The van der Waals surface area contributed by atoms with Gasteiger partial charge in [-0.2, -0.15) is 0 Å². The summed E-state index contributed by atoms with van der Waals surface area (Å²) in [6.07, 6.45) is 0. The van der Waals surface area contributed by atoms with Crippen LogP contribution in [0.2, 0.25) is 0 Å². The number of sulfonamides is 1. The summed E-state index contributed by atoms with van der Waals surface area (Å²) in [7, 11) is -0.853. The van der Waals surface area contributed by atoms with Crippen LogP contribution in [0.25, 0.3) is 0 Å². The van der Waals surface area contributed by atoms with E-state index in [0.29, 0.717) is 11.1 Å². The van der Waals surface area contributed by atoms with E-state index in [1.165, 1.54) is 27.1 Å². The second-order valence-corrected chi connectivity index (χ2v) is 9.11. The molecule has 0 aliphatic rings. The number of carbonyl (C=O) groups is 3. The zero-order chi connectivity index (χ0) is 23.2. The summed E-state index contributed by atoms with van der Waals surface area (Å²) in [5.41, 5.74) is 1.17. The molecule has 2 N–H and O–H groups in total. The molecule has 0 aromatic heterocycles. The van der Waals surface area contributed by atoms with Crippen LogP contribution in [0.3, 0.4) is 0 Å². The van der Waals surface area contributed by atoms with Crippen LogP contribution in [0.5, 0.6) is 0 Å². The number of esters is 1. The maximum absolute atomic E-state index is 12.4. The fourth-order valence-electron chi connectivity index (χ4n) is 2.54. The lowest BCUT2D eigenvalue weighted by Gasteiger charge is -2.15. The van der Waals surface area contributed by atoms with Crippen molar-refractivity contribution in [2.45, 2.75) is 24.8 Å². The van der Waals surface area contributed by atoms with Crippen LogP contribution in [0.4, 0.5) is 5.69 Å². The Morgan fingerprint density at radius 2 is 1.71 bits per heavy atom. The number of carbonyl (C=O) groups excluding carboxylic acids is 3. The van der Waals surface area contributed by atoms with Crippen LogP contribution in [-0.4, -0.2) is 57.3 Å². The minimum atomic E-state index is -3.68. The summed E-state index contributed by atoms with van der Waals surface area (Å²) in [6, 6.07) is 11.9. The van der Waals surface area contributed by atoms with E-state index in [-0.39, 0.29) is 10.6 Å². The number of rotatable bonds is 8. The van der Waals surface area contributed by atoms with E-state index in [1.807, 2.05) is 0 Å². The van der Waals surface area contributed by atoms with Gasteiger partial charge >= 0.3 is 5.97 Å². The van der Waals surface area contributed by atoms with Gasteiger partial charge in [-0.15, -0.1) is 0 Å². The third kappa shape index (κ3) is 6.37. The Balaban J connectivity index is 1.93. The molecule has 0 saturated heterocycles. The molecule has 2 aromatic rings. The Kier molecular flexibility index (Phi) is 7.89. The third-order valence-corrected chi connectivity index (χ3v) is 6.27. The van der Waals surface area contributed by atoms with Crippen molar-refractivity contribution in [2.75, 3.05) is 26.0 Å². The first-order valence-corrected chi connectivity index (χ1v) is 10.8. The van der Waals surface area contributed by atoms with Gasteiger partial charge in [0.15, 0.2) is 6.61 Å². The first-order chi connectivity index (χ1) is 14.5. The minimum Gasteiger partial charge on any atom is -0.454 e. The average Bonchev–Trinajstić information content (AvgIpc) is 2.73. The predicted octanol–water partition coefficient (Wildman–Crippen LogP) is 1.55. The van der Waals surface area contributed by atoms with Gasteiger partial charge in [0.25, 0.3) is 11.8 Å². The normalized spacial score (nSPS) is 12.2.